The molecule has 2 rings (SSSR count). The van der Waals surface area contributed by atoms with Crippen LogP contribution < -0.4 is 17.0 Å². The molecule has 11 N–H and O–H groups in total. The Labute approximate surface area is 217 Å². The van der Waals surface area contributed by atoms with Crippen LogP contribution >= 0.6 is 15.4 Å². The van der Waals surface area contributed by atoms with Gasteiger partial charge in [-0.1, -0.05) is 0 Å². The normalized spacial score (nSPS) is 27.2. The second kappa shape index (κ2) is 12.7. The summed E-state index contributed by atoms with van der Waals surface area (Å²) in [5, 5.41) is 60.4. The maximum atomic E-state index is 13.1. The molecule has 0 amide bonds. The minimum Gasteiger partial charge on any atom is -0.393 e. The molecule has 222 valence electrons. The van der Waals surface area contributed by atoms with Crippen LogP contribution in [0.3, 0.4) is 0 Å². The van der Waals surface area contributed by atoms with Gasteiger partial charge in [-0.15, -0.1) is 0 Å². The van der Waals surface area contributed by atoms with Crippen LogP contribution in [0.15, 0.2) is 21.9 Å². The van der Waals surface area contributed by atoms with E-state index in [9.17, 15) is 58.9 Å². The van der Waals surface area contributed by atoms with Gasteiger partial charge in [0.05, 0.1) is 19.3 Å². The molecular formula is C17H27N3O17P2. The van der Waals surface area contributed by atoms with E-state index < -0.39 is 100 Å². The maximum absolute atomic E-state index is 13.1. The van der Waals surface area contributed by atoms with Crippen molar-refractivity contribution < 1.29 is 72.7 Å². The van der Waals surface area contributed by atoms with Crippen molar-refractivity contribution in [2.24, 2.45) is 5.73 Å². The van der Waals surface area contributed by atoms with E-state index in [-0.39, 0.29) is 6.29 Å². The lowest BCUT2D eigenvalue weighted by atomic mass is 9.87. The molecule has 20 nitrogen and oxygen atoms in total. The first kappa shape index (κ1) is 33.2. The molecule has 39 heavy (non-hydrogen) atoms. The Morgan fingerprint density at radius 2 is 1.87 bits per heavy atom. The maximum Gasteiger partial charge on any atom is 0.476 e. The average Bonchev–Trinajstić information content (AvgIpc) is 3.12. The number of H-pyrrole nitrogens is 1. The summed E-state index contributed by atoms with van der Waals surface area (Å²) in [7, 11) is -11.1. The number of ether oxygens (including phenoxy) is 1. The number of nitrogens with zero attached hydrogens (tertiary/aromatic N) is 1. The monoisotopic (exact) mass is 607 g/mol. The fraction of sp³-hybridized carbons (Fsp3) is 0.647. The van der Waals surface area contributed by atoms with Gasteiger partial charge in [0, 0.05) is 12.3 Å². The molecule has 0 bridgehead atoms. The third kappa shape index (κ3) is 7.81. The number of rotatable bonds is 14. The van der Waals surface area contributed by atoms with Gasteiger partial charge in [-0.25, -0.2) is 13.7 Å². The van der Waals surface area contributed by atoms with E-state index in [2.05, 4.69) is 4.31 Å². The molecule has 0 aromatic carbocycles. The predicted molar refractivity (Wildman–Crippen MR) is 122 cm³/mol. The van der Waals surface area contributed by atoms with Gasteiger partial charge in [-0.2, -0.15) is 0 Å². The van der Waals surface area contributed by atoms with Gasteiger partial charge in [-0.05, 0) is 0 Å². The Bertz CT molecular complexity index is 1250. The van der Waals surface area contributed by atoms with Gasteiger partial charge in [0.25, 0.3) is 5.56 Å². The number of Topliss-reactive ketones (excluding diaryl/α,β-unsaturated/α-hetero) is 1. The van der Waals surface area contributed by atoms with Gasteiger partial charge < -0.3 is 60.2 Å². The van der Waals surface area contributed by atoms with E-state index in [4.69, 9.17) is 24.8 Å². The third-order valence-electron chi connectivity index (χ3n) is 5.55. The van der Waals surface area contributed by atoms with Crippen molar-refractivity contribution in [2.45, 2.75) is 48.4 Å². The number of carbonyl (C=O) groups excluding carboxylic acids is 2. The molecule has 0 spiro atoms. The molecular weight excluding hydrogens is 580 g/mol. The van der Waals surface area contributed by atoms with Crippen molar-refractivity contribution in [3.63, 3.8) is 0 Å². The number of phosphoric acid groups is 1. The third-order valence-corrected chi connectivity index (χ3v) is 8.62. The van der Waals surface area contributed by atoms with Crippen LogP contribution in [0.25, 0.3) is 0 Å². The quantitative estimate of drug-likeness (QED) is 0.0694. The van der Waals surface area contributed by atoms with E-state index in [0.29, 0.717) is 4.57 Å². The SMILES string of the molecule is N[C@@H](C=O)[C@@H](O)[C@H](O)[C@](O)(CO)C(=O)CP(=O)(OC[C@H]1O[C@@H](n2ccc(=O)[nH]c2=O)[C@H](O)[C@@H]1O)OP(=O)(O)O. The zero-order chi connectivity index (χ0) is 29.9. The predicted octanol–water partition coefficient (Wildman–Crippen LogP) is -5.98. The fourth-order valence-electron chi connectivity index (χ4n) is 3.40. The highest BCUT2D eigenvalue weighted by atomic mass is 31.3. The lowest BCUT2D eigenvalue weighted by Gasteiger charge is -2.34. The number of ketones is 1. The molecule has 0 saturated carbocycles. The summed E-state index contributed by atoms with van der Waals surface area (Å²) in [6.45, 7) is -2.80. The minimum atomic E-state index is -5.72. The zero-order valence-corrected chi connectivity index (χ0v) is 21.4. The lowest BCUT2D eigenvalue weighted by molar-refractivity contribution is -0.170. The van der Waals surface area contributed by atoms with Gasteiger partial charge in [0.1, 0.15) is 43.0 Å². The molecule has 1 aliphatic rings. The first-order chi connectivity index (χ1) is 17.9. The number of nitrogens with one attached hydrogen (secondary N) is 1. The summed E-state index contributed by atoms with van der Waals surface area (Å²) < 4.78 is 39.3. The van der Waals surface area contributed by atoms with Gasteiger partial charge >= 0.3 is 21.1 Å². The van der Waals surface area contributed by atoms with Gasteiger partial charge in [0.15, 0.2) is 17.6 Å². The number of aliphatic hydroxyl groups is 6. The van der Waals surface area contributed by atoms with Crippen LogP contribution in [-0.4, -0.2) is 124 Å². The van der Waals surface area contributed by atoms with Crippen LogP contribution in [0.1, 0.15) is 6.23 Å². The summed E-state index contributed by atoms with van der Waals surface area (Å²) in [6, 6.07) is -0.979. The van der Waals surface area contributed by atoms with Crippen LogP contribution in [0.2, 0.25) is 0 Å². The topological polar surface area (TPSA) is 339 Å². The molecule has 1 saturated heterocycles. The van der Waals surface area contributed by atoms with Crippen LogP contribution in [-0.2, 0) is 32.3 Å². The number of hydrogen-bond acceptors (Lipinski definition) is 16. The second-order valence-electron chi connectivity index (χ2n) is 8.36. The summed E-state index contributed by atoms with van der Waals surface area (Å²) in [6.07, 6.45) is -13.0. The zero-order valence-electron chi connectivity index (χ0n) is 19.6. The first-order valence-corrected chi connectivity index (χ1v) is 13.9. The van der Waals surface area contributed by atoms with E-state index in [1.807, 2.05) is 4.98 Å². The average molecular weight is 607 g/mol. The number of aliphatic hydroxyl groups excluding tert-OH is 5. The summed E-state index contributed by atoms with van der Waals surface area (Å²) >= 11 is 0. The molecule has 1 fully saturated rings. The van der Waals surface area contributed by atoms with Crippen molar-refractivity contribution in [3.05, 3.63) is 33.1 Å². The standard InChI is InChI=1S/C17H27N3O17P2/c18-7(3-21)11(25)14(28)17(30,6-22)9(23)5-38(31,37-39(32,33)34)35-4-8-12(26)13(27)15(36-8)20-2-1-10(24)19-16(20)29/h1-3,7-8,11-15,22,25-28,30H,4-6,18H2,(H,19,24,29)(H2,32,33,34)/t7-,8+,11+,12+,13+,14-,15+,17-,38?/m0/s1. The molecule has 22 heteroatoms. The molecule has 0 aliphatic carbocycles. The highest BCUT2D eigenvalue weighted by Gasteiger charge is 2.52. The number of aldehydes is 1. The molecule has 9 atom stereocenters. The Hall–Kier alpha value is -2.00. The summed E-state index contributed by atoms with van der Waals surface area (Å²) in [4.78, 5) is 66.8. The Kier molecular flexibility index (Phi) is 10.8. The van der Waals surface area contributed by atoms with Crippen molar-refractivity contribution in [1.82, 2.24) is 9.55 Å². The van der Waals surface area contributed by atoms with Crippen LogP contribution in [0.4, 0.5) is 0 Å². The molecule has 1 aromatic heterocycles. The van der Waals surface area contributed by atoms with Crippen molar-refractivity contribution in [3.8, 4) is 0 Å². The summed E-state index contributed by atoms with van der Waals surface area (Å²) in [5.41, 5.74) is -0.0396. The highest BCUT2D eigenvalue weighted by Crippen LogP contribution is 2.61. The Morgan fingerprint density at radius 1 is 1.26 bits per heavy atom. The first-order valence-electron chi connectivity index (χ1n) is 10.7. The van der Waals surface area contributed by atoms with E-state index in [1.54, 1.807) is 0 Å². The van der Waals surface area contributed by atoms with Crippen LogP contribution in [0, 0.1) is 0 Å². The Morgan fingerprint density at radius 3 is 2.38 bits per heavy atom. The largest absolute Gasteiger partial charge is 0.476 e. The lowest BCUT2D eigenvalue weighted by Crippen LogP contribution is -2.61. The van der Waals surface area contributed by atoms with E-state index in [0.717, 1.165) is 12.3 Å². The minimum absolute atomic E-state index is 0.0726. The molecule has 0 radical (unpaired) electrons. The Balaban J connectivity index is 2.28. The molecule has 1 aromatic rings. The van der Waals surface area contributed by atoms with Gasteiger partial charge in [0.2, 0.25) is 0 Å². The highest BCUT2D eigenvalue weighted by molar-refractivity contribution is 7.64. The van der Waals surface area contributed by atoms with Crippen molar-refractivity contribution in [1.29, 1.82) is 0 Å². The number of carbonyl (C=O) groups is 2. The van der Waals surface area contributed by atoms with Crippen molar-refractivity contribution in [2.75, 3.05) is 19.4 Å². The fourth-order valence-corrected chi connectivity index (χ4v) is 6.21. The number of nitrogens with two attached hydrogens (primary N) is 1. The number of aromatic amines is 1. The van der Waals surface area contributed by atoms with E-state index in [1.165, 1.54) is 0 Å². The van der Waals surface area contributed by atoms with E-state index >= 15 is 0 Å². The number of hydrogen-bond donors (Lipinski definition) is 10. The summed E-state index contributed by atoms with van der Waals surface area (Å²) in [5.74, 6) is -1.85. The smallest absolute Gasteiger partial charge is 0.393 e. The second-order valence-corrected chi connectivity index (χ2v) is 11.8. The number of aromatic nitrogens is 2. The molecule has 1 aliphatic heterocycles. The molecule has 2 heterocycles. The van der Waals surface area contributed by atoms with Crippen LogP contribution in [0.5, 0.6) is 0 Å². The van der Waals surface area contributed by atoms with Crippen molar-refractivity contribution >= 4 is 27.5 Å². The van der Waals surface area contributed by atoms with Gasteiger partial charge in [-0.3, -0.25) is 23.7 Å². The molecule has 1 unspecified atom stereocenters.